The van der Waals surface area contributed by atoms with Crippen molar-refractivity contribution in [3.63, 3.8) is 0 Å². The molecule has 3 nitrogen and oxygen atoms in total. The monoisotopic (exact) mass is 377 g/mol. The highest BCUT2D eigenvalue weighted by Gasteiger charge is 2.28. The molecule has 4 heteroatoms. The third-order valence-corrected chi connectivity index (χ3v) is 6.02. The predicted molar refractivity (Wildman–Crippen MR) is 113 cm³/mol. The Kier molecular flexibility index (Phi) is 9.03. The van der Waals surface area contributed by atoms with E-state index in [0.717, 1.165) is 45.2 Å². The SMILES string of the molecule is C=C(O)C1CC(C)CC(Cc2ccc(CNCCC(S)CCO)cc2)C1. The largest absolute Gasteiger partial charge is 0.513 e. The number of thiol groups is 1. The lowest BCUT2D eigenvalue weighted by Gasteiger charge is -2.33. The zero-order valence-corrected chi connectivity index (χ0v) is 16.9. The molecule has 0 aromatic heterocycles. The summed E-state index contributed by atoms with van der Waals surface area (Å²) in [6, 6.07) is 8.91. The van der Waals surface area contributed by atoms with Gasteiger partial charge < -0.3 is 15.5 Å². The number of benzene rings is 1. The van der Waals surface area contributed by atoms with Crippen molar-refractivity contribution >= 4 is 12.6 Å². The number of rotatable bonds is 10. The molecule has 0 radical (unpaired) electrons. The van der Waals surface area contributed by atoms with Gasteiger partial charge in [-0.15, -0.1) is 0 Å². The van der Waals surface area contributed by atoms with Crippen molar-refractivity contribution in [1.82, 2.24) is 5.32 Å². The van der Waals surface area contributed by atoms with E-state index in [1.54, 1.807) is 0 Å². The van der Waals surface area contributed by atoms with Gasteiger partial charge in [-0.3, -0.25) is 0 Å². The fourth-order valence-corrected chi connectivity index (χ4v) is 4.35. The molecule has 1 aliphatic rings. The molecule has 0 aliphatic heterocycles. The van der Waals surface area contributed by atoms with Gasteiger partial charge in [0, 0.05) is 24.3 Å². The second kappa shape index (κ2) is 11.0. The van der Waals surface area contributed by atoms with Crippen LogP contribution in [0.3, 0.4) is 0 Å². The van der Waals surface area contributed by atoms with E-state index in [2.05, 4.69) is 55.7 Å². The Labute approximate surface area is 164 Å². The lowest BCUT2D eigenvalue weighted by Crippen LogP contribution is -2.24. The highest BCUT2D eigenvalue weighted by atomic mass is 32.1. The molecule has 1 saturated carbocycles. The quantitative estimate of drug-likeness (QED) is 0.276. The van der Waals surface area contributed by atoms with Crippen LogP contribution in [0.5, 0.6) is 0 Å². The minimum absolute atomic E-state index is 0.211. The Balaban J connectivity index is 1.75. The van der Waals surface area contributed by atoms with Gasteiger partial charge in [0.15, 0.2) is 0 Å². The smallest absolute Gasteiger partial charge is 0.0882 e. The first kappa shape index (κ1) is 21.3. The average molecular weight is 378 g/mol. The Hall–Kier alpha value is -0.970. The minimum atomic E-state index is 0.211. The molecule has 0 amide bonds. The molecule has 2 rings (SSSR count). The molecule has 1 aromatic carbocycles. The minimum Gasteiger partial charge on any atom is -0.513 e. The van der Waals surface area contributed by atoms with Crippen molar-refractivity contribution in [2.75, 3.05) is 13.2 Å². The number of nitrogens with one attached hydrogen (secondary N) is 1. The molecular formula is C22H35NO2S. The van der Waals surface area contributed by atoms with Gasteiger partial charge in [-0.1, -0.05) is 37.8 Å². The molecule has 1 aliphatic carbocycles. The Morgan fingerprint density at radius 2 is 1.88 bits per heavy atom. The molecule has 4 unspecified atom stereocenters. The van der Waals surface area contributed by atoms with Gasteiger partial charge in [0.25, 0.3) is 0 Å². The van der Waals surface area contributed by atoms with Crippen LogP contribution < -0.4 is 5.32 Å². The van der Waals surface area contributed by atoms with Gasteiger partial charge in [-0.25, -0.2) is 0 Å². The first-order chi connectivity index (χ1) is 12.5. The number of allylic oxidation sites excluding steroid dienone is 1. The normalized spacial score (nSPS) is 24.3. The Morgan fingerprint density at radius 1 is 1.19 bits per heavy atom. The molecule has 0 spiro atoms. The van der Waals surface area contributed by atoms with Crippen molar-refractivity contribution in [1.29, 1.82) is 0 Å². The lowest BCUT2D eigenvalue weighted by atomic mass is 9.73. The molecular weight excluding hydrogens is 342 g/mol. The summed E-state index contributed by atoms with van der Waals surface area (Å²) < 4.78 is 0. The van der Waals surface area contributed by atoms with Gasteiger partial charge in [0.2, 0.25) is 0 Å². The molecule has 0 saturated heterocycles. The van der Waals surface area contributed by atoms with Crippen molar-refractivity contribution in [2.24, 2.45) is 17.8 Å². The van der Waals surface area contributed by atoms with E-state index >= 15 is 0 Å². The molecule has 26 heavy (non-hydrogen) atoms. The van der Waals surface area contributed by atoms with Gasteiger partial charge >= 0.3 is 0 Å². The van der Waals surface area contributed by atoms with Crippen molar-refractivity contribution in [3.8, 4) is 0 Å². The predicted octanol–water partition coefficient (Wildman–Crippen LogP) is 4.51. The molecule has 4 atom stereocenters. The highest BCUT2D eigenvalue weighted by Crippen LogP contribution is 2.37. The van der Waals surface area contributed by atoms with Crippen LogP contribution in [0.2, 0.25) is 0 Å². The van der Waals surface area contributed by atoms with Crippen LogP contribution in [0.1, 0.15) is 50.2 Å². The van der Waals surface area contributed by atoms with E-state index in [0.29, 0.717) is 17.6 Å². The summed E-state index contributed by atoms with van der Waals surface area (Å²) in [4.78, 5) is 0. The fraction of sp³-hybridized carbons (Fsp3) is 0.636. The van der Waals surface area contributed by atoms with Crippen LogP contribution in [0.25, 0.3) is 0 Å². The maximum atomic E-state index is 9.76. The van der Waals surface area contributed by atoms with E-state index < -0.39 is 0 Å². The van der Waals surface area contributed by atoms with Crippen molar-refractivity contribution in [2.45, 2.75) is 57.2 Å². The summed E-state index contributed by atoms with van der Waals surface area (Å²) in [5.41, 5.74) is 2.68. The summed E-state index contributed by atoms with van der Waals surface area (Å²) in [5, 5.41) is 22.4. The number of hydrogen-bond acceptors (Lipinski definition) is 4. The van der Waals surface area contributed by atoms with Gasteiger partial charge in [0.1, 0.15) is 0 Å². The summed E-state index contributed by atoms with van der Waals surface area (Å²) in [7, 11) is 0. The zero-order chi connectivity index (χ0) is 18.9. The van der Waals surface area contributed by atoms with E-state index in [1.165, 1.54) is 17.5 Å². The standard InChI is InChI=1S/C22H35NO2S/c1-16-11-20(14-21(12-16)17(2)25)13-18-3-5-19(6-4-18)15-23-9-7-22(26)8-10-24/h3-6,16,20-26H,2,7-15H2,1H3. The topological polar surface area (TPSA) is 52.5 Å². The Morgan fingerprint density at radius 3 is 2.54 bits per heavy atom. The van der Waals surface area contributed by atoms with Crippen LogP contribution in [0.15, 0.2) is 36.6 Å². The van der Waals surface area contributed by atoms with Gasteiger partial charge in [0.05, 0.1) is 5.76 Å². The third-order valence-electron chi connectivity index (χ3n) is 5.50. The Bertz CT molecular complexity index is 546. The summed E-state index contributed by atoms with van der Waals surface area (Å²) in [6.45, 7) is 8.04. The fourth-order valence-electron chi connectivity index (χ4n) is 4.11. The molecule has 146 valence electrons. The maximum absolute atomic E-state index is 9.76. The van der Waals surface area contributed by atoms with Gasteiger partial charge in [-0.2, -0.15) is 12.6 Å². The van der Waals surface area contributed by atoms with Crippen LogP contribution in [-0.4, -0.2) is 28.6 Å². The van der Waals surface area contributed by atoms with Crippen molar-refractivity contribution in [3.05, 3.63) is 47.7 Å². The first-order valence-corrected chi connectivity index (χ1v) is 10.4. The van der Waals surface area contributed by atoms with Crippen LogP contribution in [-0.2, 0) is 13.0 Å². The highest BCUT2D eigenvalue weighted by molar-refractivity contribution is 7.80. The van der Waals surface area contributed by atoms with Crippen molar-refractivity contribution < 1.29 is 10.2 Å². The van der Waals surface area contributed by atoms with E-state index in [4.69, 9.17) is 5.11 Å². The number of aliphatic hydroxyl groups excluding tert-OH is 2. The second-order valence-electron chi connectivity index (χ2n) is 8.02. The zero-order valence-electron chi connectivity index (χ0n) is 16.0. The molecule has 0 bridgehead atoms. The van der Waals surface area contributed by atoms with Gasteiger partial charge in [-0.05, 0) is 68.0 Å². The average Bonchev–Trinajstić information content (AvgIpc) is 2.60. The van der Waals surface area contributed by atoms with E-state index in [9.17, 15) is 5.11 Å². The summed E-state index contributed by atoms with van der Waals surface area (Å²) in [6.07, 6.45) is 6.18. The third kappa shape index (κ3) is 7.34. The lowest BCUT2D eigenvalue weighted by molar-refractivity contribution is 0.185. The number of hydrogen-bond donors (Lipinski definition) is 4. The molecule has 1 aromatic rings. The maximum Gasteiger partial charge on any atom is 0.0882 e. The van der Waals surface area contributed by atoms with Crippen LogP contribution >= 0.6 is 12.6 Å². The van der Waals surface area contributed by atoms with E-state index in [1.807, 2.05) is 0 Å². The first-order valence-electron chi connectivity index (χ1n) is 9.93. The van der Waals surface area contributed by atoms with Crippen LogP contribution in [0.4, 0.5) is 0 Å². The molecule has 3 N–H and O–H groups in total. The summed E-state index contributed by atoms with van der Waals surface area (Å²) >= 11 is 4.45. The molecule has 0 heterocycles. The molecule has 1 fully saturated rings. The van der Waals surface area contributed by atoms with E-state index in [-0.39, 0.29) is 17.8 Å². The second-order valence-corrected chi connectivity index (χ2v) is 8.75. The van der Waals surface area contributed by atoms with Crippen LogP contribution in [0, 0.1) is 17.8 Å². The number of aliphatic hydroxyl groups is 2. The summed E-state index contributed by atoms with van der Waals surface area (Å²) in [5.74, 6) is 1.93.